The van der Waals surface area contributed by atoms with Crippen molar-refractivity contribution in [2.24, 2.45) is 0 Å². The predicted octanol–water partition coefficient (Wildman–Crippen LogP) is 5.54. The fraction of sp³-hybridized carbons (Fsp3) is 0.294. The fourth-order valence-corrected chi connectivity index (χ4v) is 5.33. The zero-order valence-corrected chi connectivity index (χ0v) is 25.4. The molecule has 1 saturated heterocycles. The summed E-state index contributed by atoms with van der Waals surface area (Å²) in [6, 6.07) is 10.7. The number of anilines is 1. The van der Waals surface area contributed by atoms with Crippen molar-refractivity contribution in [2.45, 2.75) is 19.3 Å². The van der Waals surface area contributed by atoms with Gasteiger partial charge in [0.15, 0.2) is 23.1 Å². The summed E-state index contributed by atoms with van der Waals surface area (Å²) in [4.78, 5) is 39.3. The highest BCUT2D eigenvalue weighted by Gasteiger charge is 2.17. The molecule has 4 heterocycles. The zero-order valence-electron chi connectivity index (χ0n) is 25.4. The van der Waals surface area contributed by atoms with Crippen molar-refractivity contribution >= 4 is 33.4 Å². The minimum atomic E-state index is -0.707. The van der Waals surface area contributed by atoms with E-state index in [4.69, 9.17) is 18.9 Å². The number of aromatic amines is 1. The molecule has 0 aliphatic carbocycles. The molecular weight excluding hydrogens is 593 g/mol. The Morgan fingerprint density at radius 1 is 1.00 bits per heavy atom. The Balaban J connectivity index is 1.10. The van der Waals surface area contributed by atoms with Crippen LogP contribution in [0.1, 0.15) is 29.6 Å². The molecule has 5 aromatic rings. The molecular formula is C34H34FN5O6. The quantitative estimate of drug-likeness (QED) is 0.171. The summed E-state index contributed by atoms with van der Waals surface area (Å²) in [5, 5.41) is 3.51. The van der Waals surface area contributed by atoms with Crippen molar-refractivity contribution in [3.8, 4) is 23.0 Å². The van der Waals surface area contributed by atoms with Crippen LogP contribution in [0.2, 0.25) is 0 Å². The van der Waals surface area contributed by atoms with E-state index in [1.54, 1.807) is 31.5 Å². The maximum absolute atomic E-state index is 15.2. The molecule has 0 bridgehead atoms. The molecule has 238 valence electrons. The zero-order chi connectivity index (χ0) is 31.9. The van der Waals surface area contributed by atoms with Gasteiger partial charge in [-0.25, -0.2) is 4.39 Å². The maximum atomic E-state index is 15.2. The monoisotopic (exact) mass is 627 g/mol. The number of fused-ring (bicyclic) bond motifs is 2. The van der Waals surface area contributed by atoms with Crippen LogP contribution in [0.25, 0.3) is 21.8 Å². The van der Waals surface area contributed by atoms with Crippen LogP contribution >= 0.6 is 0 Å². The van der Waals surface area contributed by atoms with E-state index in [0.29, 0.717) is 45.7 Å². The summed E-state index contributed by atoms with van der Waals surface area (Å²) in [7, 11) is 1.56. The first-order valence-electron chi connectivity index (χ1n) is 15.1. The number of benzene rings is 2. The largest absolute Gasteiger partial charge is 0.493 e. The van der Waals surface area contributed by atoms with Crippen molar-refractivity contribution < 1.29 is 28.1 Å². The van der Waals surface area contributed by atoms with E-state index in [-0.39, 0.29) is 17.0 Å². The molecule has 6 rings (SSSR count). The topological polar surface area (TPSA) is 128 Å². The molecule has 2 aromatic carbocycles. The molecule has 1 amide bonds. The van der Waals surface area contributed by atoms with Crippen LogP contribution in [-0.4, -0.2) is 72.3 Å². The number of ether oxygens (including phenoxy) is 4. The first kappa shape index (κ1) is 30.9. The van der Waals surface area contributed by atoms with Gasteiger partial charge in [0.2, 0.25) is 5.43 Å². The minimum absolute atomic E-state index is 0.0575. The van der Waals surface area contributed by atoms with Gasteiger partial charge in [-0.15, -0.1) is 0 Å². The number of hydrogen-bond acceptors (Lipinski definition) is 9. The number of amides is 1. The Kier molecular flexibility index (Phi) is 9.65. The molecule has 12 heteroatoms. The second kappa shape index (κ2) is 14.4. The number of pyridine rings is 3. The number of morpholine rings is 1. The van der Waals surface area contributed by atoms with Crippen LogP contribution in [-0.2, 0) is 4.74 Å². The number of rotatable bonds is 12. The lowest BCUT2D eigenvalue weighted by atomic mass is 10.1. The third-order valence-corrected chi connectivity index (χ3v) is 7.80. The molecule has 0 saturated carbocycles. The van der Waals surface area contributed by atoms with Crippen molar-refractivity contribution in [2.75, 3.05) is 51.9 Å². The van der Waals surface area contributed by atoms with Crippen molar-refractivity contribution in [3.63, 3.8) is 0 Å². The summed E-state index contributed by atoms with van der Waals surface area (Å²) in [6.07, 6.45) is 8.92. The molecule has 0 radical (unpaired) electrons. The third kappa shape index (κ3) is 7.08. The van der Waals surface area contributed by atoms with Gasteiger partial charge in [-0.3, -0.25) is 24.5 Å². The lowest BCUT2D eigenvalue weighted by molar-refractivity contribution is 0.0370. The summed E-state index contributed by atoms with van der Waals surface area (Å²) in [5.74, 6) is 0.00924. The Morgan fingerprint density at radius 3 is 2.70 bits per heavy atom. The molecule has 0 spiro atoms. The van der Waals surface area contributed by atoms with E-state index >= 15 is 4.39 Å². The number of carbonyl (C=O) groups is 1. The van der Waals surface area contributed by atoms with Gasteiger partial charge in [0.05, 0.1) is 44.2 Å². The minimum Gasteiger partial charge on any atom is -0.493 e. The number of H-pyrrole nitrogens is 1. The first-order chi connectivity index (χ1) is 22.5. The number of aromatic nitrogens is 3. The van der Waals surface area contributed by atoms with Crippen molar-refractivity contribution in [3.05, 3.63) is 88.9 Å². The number of unbranched alkanes of at least 4 members (excludes halogenated alkanes) is 2. The van der Waals surface area contributed by atoms with E-state index < -0.39 is 17.2 Å². The fourth-order valence-electron chi connectivity index (χ4n) is 5.33. The lowest BCUT2D eigenvalue weighted by Crippen LogP contribution is -2.36. The molecule has 1 aliphatic rings. The van der Waals surface area contributed by atoms with E-state index in [2.05, 4.69) is 25.2 Å². The predicted molar refractivity (Wildman–Crippen MR) is 172 cm³/mol. The van der Waals surface area contributed by atoms with Crippen LogP contribution < -0.4 is 25.0 Å². The van der Waals surface area contributed by atoms with Crippen molar-refractivity contribution in [1.29, 1.82) is 0 Å². The number of carbonyl (C=O) groups excluding carboxylic acids is 1. The SMILES string of the molecule is COc1cc2c(Oc3ccc(NC(=O)c4c[nH]c5cnccc5c4=O)cc3F)ccnc2cc1OCCCCCN1CCOCC1. The highest BCUT2D eigenvalue weighted by Crippen LogP contribution is 2.38. The first-order valence-corrected chi connectivity index (χ1v) is 15.1. The van der Waals surface area contributed by atoms with Gasteiger partial charge in [-0.05, 0) is 56.1 Å². The van der Waals surface area contributed by atoms with Crippen molar-refractivity contribution in [1.82, 2.24) is 19.9 Å². The van der Waals surface area contributed by atoms with Crippen LogP contribution in [0, 0.1) is 5.82 Å². The van der Waals surface area contributed by atoms with E-state index in [0.717, 1.165) is 58.2 Å². The number of halogens is 1. The molecule has 0 unspecified atom stereocenters. The van der Waals surface area contributed by atoms with E-state index in [1.807, 2.05) is 0 Å². The van der Waals surface area contributed by atoms with Crippen LogP contribution in [0.5, 0.6) is 23.0 Å². The number of hydrogen-bond donors (Lipinski definition) is 2. The summed E-state index contributed by atoms with van der Waals surface area (Å²) < 4.78 is 38.2. The number of nitrogens with one attached hydrogen (secondary N) is 2. The van der Waals surface area contributed by atoms with Gasteiger partial charge in [-0.1, -0.05) is 0 Å². The smallest absolute Gasteiger partial charge is 0.261 e. The Morgan fingerprint density at radius 2 is 1.87 bits per heavy atom. The van der Waals surface area contributed by atoms with Crippen LogP contribution in [0.3, 0.4) is 0 Å². The second-order valence-electron chi connectivity index (χ2n) is 10.8. The van der Waals surface area contributed by atoms with Crippen LogP contribution in [0.4, 0.5) is 10.1 Å². The van der Waals surface area contributed by atoms with Gasteiger partial charge in [0, 0.05) is 60.3 Å². The summed E-state index contributed by atoms with van der Waals surface area (Å²) >= 11 is 0. The highest BCUT2D eigenvalue weighted by molar-refractivity contribution is 6.05. The Bertz CT molecular complexity index is 1910. The molecule has 0 atom stereocenters. The molecule has 11 nitrogen and oxygen atoms in total. The molecule has 3 aromatic heterocycles. The molecule has 1 aliphatic heterocycles. The number of nitrogens with zero attached hydrogens (tertiary/aromatic N) is 3. The lowest BCUT2D eigenvalue weighted by Gasteiger charge is -2.26. The second-order valence-corrected chi connectivity index (χ2v) is 10.8. The summed E-state index contributed by atoms with van der Waals surface area (Å²) in [5.41, 5.74) is 0.702. The summed E-state index contributed by atoms with van der Waals surface area (Å²) in [6.45, 7) is 5.22. The van der Waals surface area contributed by atoms with E-state index in [9.17, 15) is 9.59 Å². The molecule has 2 N–H and O–H groups in total. The molecule has 1 fully saturated rings. The Labute approximate surface area is 264 Å². The standard InChI is InChI=1S/C34H34FN5O6/c1-43-31-18-24-27(19-32(31)45-14-4-2-3-11-40-12-15-44-16-13-40)37-10-8-29(24)46-30-6-5-22(17-26(30)35)39-34(42)25-20-38-28-21-36-9-7-23(28)33(25)41/h5-10,17-21H,2-4,11-16H2,1H3,(H,38,41)(H,39,42). The van der Waals surface area contributed by atoms with Gasteiger partial charge in [0.1, 0.15) is 11.3 Å². The highest BCUT2D eigenvalue weighted by atomic mass is 19.1. The van der Waals surface area contributed by atoms with Gasteiger partial charge in [-0.2, -0.15) is 0 Å². The van der Waals surface area contributed by atoms with Crippen LogP contribution in [0.15, 0.2) is 72.0 Å². The van der Waals surface area contributed by atoms with Gasteiger partial charge >= 0.3 is 0 Å². The van der Waals surface area contributed by atoms with E-state index in [1.165, 1.54) is 36.8 Å². The maximum Gasteiger partial charge on any atom is 0.261 e. The average molecular weight is 628 g/mol. The number of methoxy groups -OCH3 is 1. The Hall–Kier alpha value is -5.07. The third-order valence-electron chi connectivity index (χ3n) is 7.80. The molecule has 46 heavy (non-hydrogen) atoms. The van der Waals surface area contributed by atoms with Gasteiger partial charge in [0.25, 0.3) is 5.91 Å². The van der Waals surface area contributed by atoms with Gasteiger partial charge < -0.3 is 29.2 Å². The average Bonchev–Trinajstić information content (AvgIpc) is 3.08. The normalized spacial score (nSPS) is 13.5.